The Hall–Kier alpha value is -2.77. The molecule has 0 saturated carbocycles. The third-order valence-electron chi connectivity index (χ3n) is 5.77. The van der Waals surface area contributed by atoms with Crippen molar-refractivity contribution in [2.75, 3.05) is 65.5 Å². The molecule has 0 aliphatic carbocycles. The third-order valence-corrected chi connectivity index (χ3v) is 8.27. The van der Waals surface area contributed by atoms with Crippen molar-refractivity contribution in [3.63, 3.8) is 0 Å². The second kappa shape index (κ2) is 22.9. The molecule has 1 unspecified atom stereocenters. The first-order chi connectivity index (χ1) is 19.2. The number of carboxylic acids is 1. The molecule has 1 amide bonds. The number of para-hydroxylation sites is 1. The van der Waals surface area contributed by atoms with Crippen LogP contribution in [0.2, 0.25) is 3.93 Å². The second-order valence-corrected chi connectivity index (χ2v) is 10.9. The molecule has 0 aliphatic rings. The Morgan fingerprint density at radius 3 is 2.27 bits per heavy atom. The summed E-state index contributed by atoms with van der Waals surface area (Å²) in [6, 6.07) is 13.2. The van der Waals surface area contributed by atoms with Gasteiger partial charge in [-0.05, 0) is 38.1 Å². The monoisotopic (exact) mass is 766 g/mol. The van der Waals surface area contributed by atoms with Crippen LogP contribution in [0.15, 0.2) is 48.5 Å². The van der Waals surface area contributed by atoms with Gasteiger partial charge in [0, 0.05) is 5.69 Å². The topological polar surface area (TPSA) is 185 Å². The number of nitrogen functional groups attached to an aromatic ring is 1. The van der Waals surface area contributed by atoms with Crippen LogP contribution in [0.4, 0.5) is 5.69 Å². The number of carboxylic acid groups (broad SMARTS) is 1. The largest absolute Gasteiger partial charge is 0.412 e. The van der Waals surface area contributed by atoms with Crippen LogP contribution < -0.4 is 25.8 Å². The molecule has 0 bridgehead atoms. The number of amides is 1. The molecule has 41 heavy (non-hydrogen) atoms. The van der Waals surface area contributed by atoms with Crippen molar-refractivity contribution in [1.29, 1.82) is 0 Å². The fourth-order valence-corrected chi connectivity index (χ4v) is 4.80. The van der Waals surface area contributed by atoms with Crippen LogP contribution in [0.5, 0.6) is 5.75 Å². The first kappa shape index (κ1) is 38.2. The van der Waals surface area contributed by atoms with Crippen LogP contribution >= 0.6 is 0 Å². The summed E-state index contributed by atoms with van der Waals surface area (Å²) < 4.78 is 21.8. The summed E-state index contributed by atoms with van der Waals surface area (Å²) >= 11 is 0.552. The van der Waals surface area contributed by atoms with Crippen LogP contribution in [0, 0.1) is 0 Å². The van der Waals surface area contributed by atoms with Gasteiger partial charge in [-0.15, -0.1) is 0 Å². The summed E-state index contributed by atoms with van der Waals surface area (Å²) in [5, 5.41) is 13.3. The molecule has 0 fully saturated rings. The minimum Gasteiger partial charge on any atom is -0.412 e. The zero-order valence-corrected chi connectivity index (χ0v) is 29.6. The van der Waals surface area contributed by atoms with E-state index < -0.39 is 12.6 Å². The molecule has 225 valence electrons. The van der Waals surface area contributed by atoms with Crippen molar-refractivity contribution < 1.29 is 74.9 Å². The number of esters is 1. The Morgan fingerprint density at radius 1 is 1.02 bits per heavy atom. The molecule has 0 aliphatic heterocycles. The van der Waals surface area contributed by atoms with E-state index in [0.29, 0.717) is 63.7 Å². The molecular formula is C28H42HgN3O9. The van der Waals surface area contributed by atoms with Crippen molar-refractivity contribution in [2.45, 2.75) is 23.9 Å². The number of hydrogen-bond donors (Lipinski definition) is 3. The number of carbonyl (C=O) groups is 3. The normalized spacial score (nSPS) is 11.0. The number of nitrogens with one attached hydrogen (secondary N) is 2. The number of methoxy groups -OCH3 is 1. The van der Waals surface area contributed by atoms with E-state index in [1.54, 1.807) is 55.6 Å². The summed E-state index contributed by atoms with van der Waals surface area (Å²) in [5.74, 6) is -1.75. The molecule has 2 aromatic carbocycles. The molecular weight excluding hydrogens is 723 g/mol. The maximum Gasteiger partial charge on any atom is -0.412 e. The number of quaternary nitrogens is 1. The van der Waals surface area contributed by atoms with Crippen molar-refractivity contribution in [1.82, 2.24) is 5.32 Å². The van der Waals surface area contributed by atoms with Gasteiger partial charge in [0.25, 0.3) is 0 Å². The number of anilines is 1. The molecule has 0 aromatic heterocycles. The summed E-state index contributed by atoms with van der Waals surface area (Å²) in [7, 11) is 1.61. The summed E-state index contributed by atoms with van der Waals surface area (Å²) in [6.07, 6.45) is -0.0336. The SMILES string of the molecule is CC[NH+](CC)CCOC(=O)c1ccc(N)cc1.COCCOC([CH2][Hg])CNC(=O)c1ccccc1OCC(=O)[O-].O. The van der Waals surface area contributed by atoms with Crippen LogP contribution in [0.25, 0.3) is 0 Å². The minimum atomic E-state index is -1.34. The van der Waals surface area contributed by atoms with E-state index in [-0.39, 0.29) is 34.8 Å². The number of nitrogens with two attached hydrogens (primary N) is 1. The molecule has 2 aromatic rings. The van der Waals surface area contributed by atoms with E-state index in [2.05, 4.69) is 19.2 Å². The van der Waals surface area contributed by atoms with E-state index in [9.17, 15) is 19.5 Å². The molecule has 13 heteroatoms. The Balaban J connectivity index is 0.000000794. The zero-order valence-electron chi connectivity index (χ0n) is 24.1. The van der Waals surface area contributed by atoms with Gasteiger partial charge in [-0.1, -0.05) is 0 Å². The van der Waals surface area contributed by atoms with Crippen molar-refractivity contribution >= 4 is 23.5 Å². The number of carbonyl (C=O) groups excluding carboxylic acids is 3. The van der Waals surface area contributed by atoms with Crippen LogP contribution in [0.3, 0.4) is 0 Å². The fraction of sp³-hybridized carbons (Fsp3) is 0.464. The molecule has 0 radical (unpaired) electrons. The standard InChI is InChI=1S/C15H20NO6.C13H20N2O2.Hg.H2O/c1-11(21-8-7-20-2)9-16-15(19)12-5-3-4-6-13(12)22-10-14(17)18;1-3-15(4-2)9-10-17-13(16)11-5-7-12(14)8-6-11;;/h3-6,11H,1,7-10H2,2H3,(H,16,19)(H,17,18);5-8H,3-4,9-10,14H2,1-2H3;;1H2. The van der Waals surface area contributed by atoms with E-state index >= 15 is 0 Å². The van der Waals surface area contributed by atoms with Gasteiger partial charge >= 0.3 is 157 Å². The average Bonchev–Trinajstić information content (AvgIpc) is 2.96. The Labute approximate surface area is 257 Å². The molecule has 0 saturated heterocycles. The maximum absolute atomic E-state index is 12.2. The first-order valence-electron chi connectivity index (χ1n) is 13.2. The predicted molar refractivity (Wildman–Crippen MR) is 147 cm³/mol. The number of ether oxygens (including phenoxy) is 4. The summed E-state index contributed by atoms with van der Waals surface area (Å²) in [6.45, 7) is 8.45. The molecule has 0 heterocycles. The van der Waals surface area contributed by atoms with Gasteiger partial charge in [-0.25, -0.2) is 4.79 Å². The molecule has 12 nitrogen and oxygen atoms in total. The van der Waals surface area contributed by atoms with Gasteiger partial charge in [0.1, 0.15) is 13.2 Å². The fourth-order valence-electron chi connectivity index (χ4n) is 3.36. The van der Waals surface area contributed by atoms with E-state index in [0.717, 1.165) is 23.6 Å². The average molecular weight is 765 g/mol. The van der Waals surface area contributed by atoms with Crippen LogP contribution in [-0.4, -0.2) is 89.1 Å². The van der Waals surface area contributed by atoms with Gasteiger partial charge in [0.2, 0.25) is 0 Å². The van der Waals surface area contributed by atoms with Crippen molar-refractivity contribution in [2.24, 2.45) is 0 Å². The van der Waals surface area contributed by atoms with E-state index in [1.165, 1.54) is 4.90 Å². The van der Waals surface area contributed by atoms with Crippen molar-refractivity contribution in [3.8, 4) is 5.75 Å². The van der Waals surface area contributed by atoms with Crippen LogP contribution in [-0.2, 0) is 45.1 Å². The smallest absolute Gasteiger partial charge is 0.412 e. The Kier molecular flexibility index (Phi) is 21.3. The van der Waals surface area contributed by atoms with Gasteiger partial charge in [-0.3, -0.25) is 0 Å². The number of benzene rings is 2. The zero-order chi connectivity index (χ0) is 29.8. The minimum absolute atomic E-state index is 0. The van der Waals surface area contributed by atoms with Gasteiger partial charge < -0.3 is 20.8 Å². The molecule has 1 atom stereocenters. The second-order valence-electron chi connectivity index (χ2n) is 8.61. The van der Waals surface area contributed by atoms with Gasteiger partial charge in [0.05, 0.1) is 18.7 Å². The molecule has 6 N–H and O–H groups in total. The number of hydrogen-bond acceptors (Lipinski definition) is 9. The summed E-state index contributed by atoms with van der Waals surface area (Å²) in [4.78, 5) is 35.8. The Morgan fingerprint density at radius 2 is 1.68 bits per heavy atom. The van der Waals surface area contributed by atoms with E-state index in [1.807, 2.05) is 0 Å². The van der Waals surface area contributed by atoms with Gasteiger partial charge in [0.15, 0.2) is 0 Å². The van der Waals surface area contributed by atoms with Gasteiger partial charge in [-0.2, -0.15) is 0 Å². The molecule has 0 spiro atoms. The Bertz CT molecular complexity index is 1020. The third kappa shape index (κ3) is 16.3. The van der Waals surface area contributed by atoms with Crippen molar-refractivity contribution in [3.05, 3.63) is 59.7 Å². The maximum atomic E-state index is 12.2. The number of rotatable bonds is 17. The first-order valence-corrected chi connectivity index (χ1v) is 17.1. The van der Waals surface area contributed by atoms with Crippen LogP contribution in [0.1, 0.15) is 34.6 Å². The number of aliphatic carboxylic acids is 1. The summed E-state index contributed by atoms with van der Waals surface area (Å²) in [5.41, 5.74) is 7.02. The molecule has 2 rings (SSSR count). The number of likely N-dealkylation sites (N-methyl/N-ethyl adjacent to an activating group) is 1. The quantitative estimate of drug-likeness (QED) is 0.0793. The van der Waals surface area contributed by atoms with E-state index in [4.69, 9.17) is 24.7 Å². The predicted octanol–water partition coefficient (Wildman–Crippen LogP) is -0.933.